The summed E-state index contributed by atoms with van der Waals surface area (Å²) in [6.45, 7) is 2.16. The summed E-state index contributed by atoms with van der Waals surface area (Å²) in [7, 11) is 1.60. The molecule has 1 unspecified atom stereocenters. The fourth-order valence-corrected chi connectivity index (χ4v) is 1.94. The molecular formula is C11H22N2O3. The number of aliphatic hydroxyl groups is 1. The number of nitrogens with two attached hydrogens (primary N) is 1. The molecule has 1 amide bonds. The van der Waals surface area contributed by atoms with E-state index in [1.165, 1.54) is 0 Å². The Hall–Kier alpha value is -0.650. The molecule has 1 fully saturated rings. The first-order valence-electron chi connectivity index (χ1n) is 5.83. The zero-order chi connectivity index (χ0) is 12.0. The number of hydrogen-bond donors (Lipinski definition) is 2. The normalized spacial score (nSPS) is 19.8. The molecule has 1 atom stereocenters. The molecule has 3 N–H and O–H groups in total. The number of carbonyl (C=O) groups is 1. The Bertz CT molecular complexity index is 215. The van der Waals surface area contributed by atoms with Crippen LogP contribution < -0.4 is 5.73 Å². The number of hydrogen-bond acceptors (Lipinski definition) is 4. The van der Waals surface area contributed by atoms with Crippen LogP contribution in [0.5, 0.6) is 0 Å². The Labute approximate surface area is 96.6 Å². The molecule has 0 aromatic rings. The van der Waals surface area contributed by atoms with Crippen LogP contribution in [0.4, 0.5) is 0 Å². The van der Waals surface area contributed by atoms with Gasteiger partial charge in [0.25, 0.3) is 0 Å². The second kappa shape index (κ2) is 6.83. The fourth-order valence-electron chi connectivity index (χ4n) is 1.94. The van der Waals surface area contributed by atoms with Gasteiger partial charge in [0.2, 0.25) is 5.91 Å². The van der Waals surface area contributed by atoms with Crippen molar-refractivity contribution in [3.05, 3.63) is 0 Å². The highest BCUT2D eigenvalue weighted by atomic mass is 16.5. The standard InChI is InChI=1S/C11H22N2O3/c1-16-7-4-10(12)11(15)13-5-2-9(8-14)3-6-13/h9-10,14H,2-8,12H2,1H3. The molecule has 0 saturated carbocycles. The summed E-state index contributed by atoms with van der Waals surface area (Å²) >= 11 is 0. The molecule has 1 saturated heterocycles. The van der Waals surface area contributed by atoms with Crippen molar-refractivity contribution in [2.75, 3.05) is 33.4 Å². The van der Waals surface area contributed by atoms with Gasteiger partial charge in [-0.15, -0.1) is 0 Å². The van der Waals surface area contributed by atoms with Gasteiger partial charge in [-0.3, -0.25) is 4.79 Å². The van der Waals surface area contributed by atoms with E-state index in [1.807, 2.05) is 0 Å². The van der Waals surface area contributed by atoms with Crippen LogP contribution in [-0.2, 0) is 9.53 Å². The topological polar surface area (TPSA) is 75.8 Å². The number of methoxy groups -OCH3 is 1. The summed E-state index contributed by atoms with van der Waals surface area (Å²) in [5.41, 5.74) is 5.78. The van der Waals surface area contributed by atoms with Crippen LogP contribution in [0.15, 0.2) is 0 Å². The first-order chi connectivity index (χ1) is 7.69. The van der Waals surface area contributed by atoms with E-state index in [4.69, 9.17) is 15.6 Å². The van der Waals surface area contributed by atoms with Crippen molar-refractivity contribution < 1.29 is 14.6 Å². The van der Waals surface area contributed by atoms with Gasteiger partial charge in [-0.1, -0.05) is 0 Å². The van der Waals surface area contributed by atoms with Crippen molar-refractivity contribution in [1.29, 1.82) is 0 Å². The summed E-state index contributed by atoms with van der Waals surface area (Å²) < 4.78 is 4.90. The Kier molecular flexibility index (Phi) is 5.73. The van der Waals surface area contributed by atoms with Crippen molar-refractivity contribution >= 4 is 5.91 Å². The second-order valence-electron chi connectivity index (χ2n) is 4.34. The molecule has 16 heavy (non-hydrogen) atoms. The predicted molar refractivity (Wildman–Crippen MR) is 60.9 cm³/mol. The minimum absolute atomic E-state index is 0.00781. The van der Waals surface area contributed by atoms with Gasteiger partial charge < -0.3 is 20.5 Å². The molecule has 0 bridgehead atoms. The maximum atomic E-state index is 11.9. The molecule has 5 nitrogen and oxygen atoms in total. The summed E-state index contributed by atoms with van der Waals surface area (Å²) in [4.78, 5) is 13.7. The number of ether oxygens (including phenoxy) is 1. The summed E-state index contributed by atoms with van der Waals surface area (Å²) in [5.74, 6) is 0.354. The molecule has 0 aromatic heterocycles. The highest BCUT2D eigenvalue weighted by Gasteiger charge is 2.25. The zero-order valence-corrected chi connectivity index (χ0v) is 9.89. The highest BCUT2D eigenvalue weighted by molar-refractivity contribution is 5.81. The van der Waals surface area contributed by atoms with E-state index in [2.05, 4.69) is 0 Å². The molecule has 0 radical (unpaired) electrons. The molecule has 0 aromatic carbocycles. The Morgan fingerprint density at radius 3 is 2.69 bits per heavy atom. The van der Waals surface area contributed by atoms with Gasteiger partial charge in [0.15, 0.2) is 0 Å². The Morgan fingerprint density at radius 1 is 1.56 bits per heavy atom. The molecule has 0 spiro atoms. The van der Waals surface area contributed by atoms with Crippen LogP contribution >= 0.6 is 0 Å². The third kappa shape index (κ3) is 3.73. The maximum Gasteiger partial charge on any atom is 0.239 e. The molecule has 0 aliphatic carbocycles. The summed E-state index contributed by atoms with van der Waals surface area (Å²) in [6.07, 6.45) is 2.31. The van der Waals surface area contributed by atoms with E-state index in [9.17, 15) is 4.79 Å². The number of carbonyl (C=O) groups excluding carboxylic acids is 1. The lowest BCUT2D eigenvalue weighted by Crippen LogP contribution is -2.47. The van der Waals surface area contributed by atoms with Crippen LogP contribution in [0.25, 0.3) is 0 Å². The van der Waals surface area contributed by atoms with E-state index in [0.29, 0.717) is 32.0 Å². The van der Waals surface area contributed by atoms with Crippen molar-refractivity contribution in [1.82, 2.24) is 4.90 Å². The van der Waals surface area contributed by atoms with Crippen molar-refractivity contribution in [2.24, 2.45) is 11.7 Å². The van der Waals surface area contributed by atoms with E-state index in [1.54, 1.807) is 12.0 Å². The molecule has 94 valence electrons. The first kappa shape index (κ1) is 13.4. The van der Waals surface area contributed by atoms with Crippen LogP contribution in [0.1, 0.15) is 19.3 Å². The van der Waals surface area contributed by atoms with Crippen molar-refractivity contribution in [3.63, 3.8) is 0 Å². The van der Waals surface area contributed by atoms with Gasteiger partial charge in [0.05, 0.1) is 6.04 Å². The van der Waals surface area contributed by atoms with Crippen molar-refractivity contribution in [2.45, 2.75) is 25.3 Å². The van der Waals surface area contributed by atoms with Crippen LogP contribution in [0, 0.1) is 5.92 Å². The fraction of sp³-hybridized carbons (Fsp3) is 0.909. The van der Waals surface area contributed by atoms with E-state index in [0.717, 1.165) is 12.8 Å². The predicted octanol–water partition coefficient (Wildman–Crippen LogP) is -0.419. The first-order valence-corrected chi connectivity index (χ1v) is 5.83. The van der Waals surface area contributed by atoms with Gasteiger partial charge in [-0.05, 0) is 25.2 Å². The van der Waals surface area contributed by atoms with Crippen molar-refractivity contribution in [3.8, 4) is 0 Å². The van der Waals surface area contributed by atoms with E-state index >= 15 is 0 Å². The SMILES string of the molecule is COCCC(N)C(=O)N1CCC(CO)CC1. The summed E-state index contributed by atoms with van der Waals surface area (Å²) in [5, 5.41) is 9.00. The van der Waals surface area contributed by atoms with Gasteiger partial charge in [-0.2, -0.15) is 0 Å². The smallest absolute Gasteiger partial charge is 0.239 e. The van der Waals surface area contributed by atoms with Gasteiger partial charge in [0, 0.05) is 33.4 Å². The summed E-state index contributed by atoms with van der Waals surface area (Å²) in [6, 6.07) is -0.453. The molecule has 1 rings (SSSR count). The van der Waals surface area contributed by atoms with Gasteiger partial charge >= 0.3 is 0 Å². The zero-order valence-electron chi connectivity index (χ0n) is 9.89. The minimum Gasteiger partial charge on any atom is -0.396 e. The largest absolute Gasteiger partial charge is 0.396 e. The second-order valence-corrected chi connectivity index (χ2v) is 4.34. The molecule has 1 aliphatic heterocycles. The van der Waals surface area contributed by atoms with Crippen LogP contribution in [-0.4, -0.2) is 55.4 Å². The highest BCUT2D eigenvalue weighted by Crippen LogP contribution is 2.17. The number of nitrogens with zero attached hydrogens (tertiary/aromatic N) is 1. The van der Waals surface area contributed by atoms with Gasteiger partial charge in [-0.25, -0.2) is 0 Å². The lowest BCUT2D eigenvalue weighted by Gasteiger charge is -2.32. The number of likely N-dealkylation sites (tertiary alicyclic amines) is 1. The average molecular weight is 230 g/mol. The number of rotatable bonds is 5. The lowest BCUT2D eigenvalue weighted by atomic mass is 9.97. The molecule has 1 heterocycles. The van der Waals surface area contributed by atoms with E-state index in [-0.39, 0.29) is 12.5 Å². The maximum absolute atomic E-state index is 11.9. The third-order valence-electron chi connectivity index (χ3n) is 3.13. The van der Waals surface area contributed by atoms with Gasteiger partial charge in [0.1, 0.15) is 0 Å². The molecular weight excluding hydrogens is 208 g/mol. The number of aliphatic hydroxyl groups excluding tert-OH is 1. The third-order valence-corrected chi connectivity index (χ3v) is 3.13. The van der Waals surface area contributed by atoms with E-state index < -0.39 is 6.04 Å². The average Bonchev–Trinajstić information content (AvgIpc) is 2.35. The Balaban J connectivity index is 2.32. The number of amides is 1. The number of piperidine rings is 1. The molecule has 1 aliphatic rings. The quantitative estimate of drug-likeness (QED) is 0.672. The Morgan fingerprint density at radius 2 is 2.19 bits per heavy atom. The minimum atomic E-state index is -0.453. The molecule has 5 heteroatoms. The van der Waals surface area contributed by atoms with Crippen LogP contribution in [0.3, 0.4) is 0 Å². The van der Waals surface area contributed by atoms with Crippen LogP contribution in [0.2, 0.25) is 0 Å². The monoisotopic (exact) mass is 230 g/mol. The lowest BCUT2D eigenvalue weighted by molar-refractivity contribution is -0.134.